The highest BCUT2D eigenvalue weighted by Gasteiger charge is 2.15. The van der Waals surface area contributed by atoms with Gasteiger partial charge in [0.1, 0.15) is 0 Å². The Bertz CT molecular complexity index is 713. The number of thiophene rings is 1. The number of hydrogen-bond donors (Lipinski definition) is 1. The zero-order valence-corrected chi connectivity index (χ0v) is 14.6. The van der Waals surface area contributed by atoms with Gasteiger partial charge in [-0.25, -0.2) is 0 Å². The van der Waals surface area contributed by atoms with Crippen LogP contribution in [0, 0.1) is 10.1 Å². The van der Waals surface area contributed by atoms with Gasteiger partial charge in [0.05, 0.1) is 10.5 Å². The monoisotopic (exact) mass is 347 g/mol. The quantitative estimate of drug-likeness (QED) is 0.452. The van der Waals surface area contributed by atoms with Gasteiger partial charge in [-0.3, -0.25) is 14.9 Å². The summed E-state index contributed by atoms with van der Waals surface area (Å²) in [6.45, 7) is 1.46. The van der Waals surface area contributed by atoms with Gasteiger partial charge in [-0.05, 0) is 31.2 Å². The summed E-state index contributed by atoms with van der Waals surface area (Å²) < 4.78 is 0. The third-order valence-corrected chi connectivity index (χ3v) is 4.69. The Hall–Kier alpha value is -2.25. The fourth-order valence-electron chi connectivity index (χ4n) is 2.26. The van der Waals surface area contributed by atoms with Crippen molar-refractivity contribution in [1.82, 2.24) is 10.2 Å². The summed E-state index contributed by atoms with van der Waals surface area (Å²) in [4.78, 5) is 25.8. The first-order valence-corrected chi connectivity index (χ1v) is 8.54. The number of rotatable bonds is 8. The normalized spacial score (nSPS) is 10.6. The minimum absolute atomic E-state index is 0.126. The van der Waals surface area contributed by atoms with Crippen molar-refractivity contribution < 1.29 is 9.72 Å². The average Bonchev–Trinajstić information content (AvgIpc) is 3.03. The average molecular weight is 347 g/mol. The number of hydrogen-bond acceptors (Lipinski definition) is 5. The lowest BCUT2D eigenvalue weighted by molar-refractivity contribution is -0.384. The molecule has 0 bridgehead atoms. The highest BCUT2D eigenvalue weighted by atomic mass is 32.1. The maximum absolute atomic E-state index is 11.5. The number of para-hydroxylation sites is 1. The largest absolute Gasteiger partial charge is 0.349 e. The fraction of sp³-hybridized carbons (Fsp3) is 0.353. The van der Waals surface area contributed by atoms with Crippen molar-refractivity contribution in [3.8, 4) is 10.4 Å². The lowest BCUT2D eigenvalue weighted by atomic mass is 10.1. The molecule has 1 N–H and O–H groups in total. The summed E-state index contributed by atoms with van der Waals surface area (Å²) in [7, 11) is 3.51. The van der Waals surface area contributed by atoms with Crippen LogP contribution in [-0.4, -0.2) is 36.4 Å². The van der Waals surface area contributed by atoms with Gasteiger partial charge in [-0.15, -0.1) is 11.3 Å². The predicted molar refractivity (Wildman–Crippen MR) is 96.0 cm³/mol. The number of nitro benzene ring substituents is 1. The van der Waals surface area contributed by atoms with Gasteiger partial charge in [0.2, 0.25) is 5.91 Å². The van der Waals surface area contributed by atoms with Crippen LogP contribution in [0.1, 0.15) is 17.7 Å². The molecule has 24 heavy (non-hydrogen) atoms. The minimum Gasteiger partial charge on any atom is -0.349 e. The highest BCUT2D eigenvalue weighted by Crippen LogP contribution is 2.34. The molecule has 0 aliphatic carbocycles. The third-order valence-electron chi connectivity index (χ3n) is 3.57. The van der Waals surface area contributed by atoms with E-state index in [0.29, 0.717) is 18.5 Å². The first-order valence-electron chi connectivity index (χ1n) is 7.72. The second-order valence-corrected chi connectivity index (χ2v) is 6.78. The summed E-state index contributed by atoms with van der Waals surface area (Å²) >= 11 is 1.54. The van der Waals surface area contributed by atoms with E-state index in [-0.39, 0.29) is 16.5 Å². The van der Waals surface area contributed by atoms with Crippen molar-refractivity contribution in [3.05, 3.63) is 51.4 Å². The Morgan fingerprint density at radius 1 is 1.25 bits per heavy atom. The summed E-state index contributed by atoms with van der Waals surface area (Å²) in [5.74, 6) is 0.131. The van der Waals surface area contributed by atoms with E-state index in [0.717, 1.165) is 22.7 Å². The number of nitro groups is 1. The Morgan fingerprint density at radius 3 is 2.71 bits per heavy atom. The van der Waals surface area contributed by atoms with Crippen LogP contribution in [0.25, 0.3) is 10.4 Å². The number of amides is 1. The van der Waals surface area contributed by atoms with Crippen LogP contribution < -0.4 is 5.32 Å². The molecule has 1 amide bonds. The van der Waals surface area contributed by atoms with Crippen LogP contribution in [-0.2, 0) is 11.3 Å². The van der Waals surface area contributed by atoms with Gasteiger partial charge in [0.15, 0.2) is 0 Å². The van der Waals surface area contributed by atoms with E-state index >= 15 is 0 Å². The predicted octanol–water partition coefficient (Wildman–Crippen LogP) is 3.28. The van der Waals surface area contributed by atoms with E-state index < -0.39 is 0 Å². The molecule has 0 radical (unpaired) electrons. The molecule has 2 aromatic rings. The minimum atomic E-state index is -0.352. The highest BCUT2D eigenvalue weighted by molar-refractivity contribution is 7.15. The molecule has 1 heterocycles. The lowest BCUT2D eigenvalue weighted by Crippen LogP contribution is -2.23. The molecule has 0 fully saturated rings. The van der Waals surface area contributed by atoms with Gasteiger partial charge in [0.25, 0.3) is 5.69 Å². The van der Waals surface area contributed by atoms with Gasteiger partial charge >= 0.3 is 0 Å². The molecule has 1 aromatic carbocycles. The molecular weight excluding hydrogens is 326 g/mol. The Kier molecular flexibility index (Phi) is 6.45. The summed E-state index contributed by atoms with van der Waals surface area (Å²) in [6, 6.07) is 10.7. The molecule has 0 unspecified atom stereocenters. The van der Waals surface area contributed by atoms with Crippen molar-refractivity contribution in [1.29, 1.82) is 0 Å². The van der Waals surface area contributed by atoms with Crippen molar-refractivity contribution in [2.24, 2.45) is 0 Å². The van der Waals surface area contributed by atoms with Gasteiger partial charge in [0, 0.05) is 42.9 Å². The SMILES string of the molecule is CN(C)C(=O)CCCNCc1ccc(-c2ccccc2[N+](=O)[O-])s1. The van der Waals surface area contributed by atoms with Crippen LogP contribution in [0.5, 0.6) is 0 Å². The lowest BCUT2D eigenvalue weighted by Gasteiger charge is -2.09. The summed E-state index contributed by atoms with van der Waals surface area (Å²) in [6.07, 6.45) is 1.32. The standard InChI is InChI=1S/C17H21N3O3S/c1-19(2)17(21)8-5-11-18-12-13-9-10-16(24-13)14-6-3-4-7-15(14)20(22)23/h3-4,6-7,9-10,18H,5,8,11-12H2,1-2H3. The van der Waals surface area contributed by atoms with Gasteiger partial charge in [-0.2, -0.15) is 0 Å². The molecule has 1 aromatic heterocycles. The van der Waals surface area contributed by atoms with Crippen LogP contribution in [0.4, 0.5) is 5.69 Å². The molecule has 128 valence electrons. The van der Waals surface area contributed by atoms with E-state index in [9.17, 15) is 14.9 Å². The zero-order chi connectivity index (χ0) is 17.5. The Balaban J connectivity index is 1.88. The van der Waals surface area contributed by atoms with E-state index in [2.05, 4.69) is 5.32 Å². The van der Waals surface area contributed by atoms with Crippen LogP contribution >= 0.6 is 11.3 Å². The van der Waals surface area contributed by atoms with Crippen LogP contribution in [0.15, 0.2) is 36.4 Å². The second-order valence-electron chi connectivity index (χ2n) is 5.61. The molecule has 7 heteroatoms. The van der Waals surface area contributed by atoms with Gasteiger partial charge in [-0.1, -0.05) is 12.1 Å². The van der Waals surface area contributed by atoms with E-state index in [1.807, 2.05) is 18.2 Å². The molecular formula is C17H21N3O3S. The molecule has 0 aliphatic heterocycles. The van der Waals surface area contributed by atoms with E-state index in [1.54, 1.807) is 42.5 Å². The number of nitrogens with zero attached hydrogens (tertiary/aromatic N) is 2. The van der Waals surface area contributed by atoms with Gasteiger partial charge < -0.3 is 10.2 Å². The third kappa shape index (κ3) is 4.87. The molecule has 2 rings (SSSR count). The van der Waals surface area contributed by atoms with Crippen molar-refractivity contribution in [3.63, 3.8) is 0 Å². The molecule has 0 saturated heterocycles. The number of nitrogens with one attached hydrogen (secondary N) is 1. The molecule has 0 aliphatic rings. The van der Waals surface area contributed by atoms with E-state index in [1.165, 1.54) is 6.07 Å². The molecule has 0 atom stereocenters. The van der Waals surface area contributed by atoms with Crippen LogP contribution in [0.3, 0.4) is 0 Å². The second kappa shape index (κ2) is 8.56. The molecule has 0 spiro atoms. The summed E-state index contributed by atoms with van der Waals surface area (Å²) in [5.41, 5.74) is 0.774. The number of carbonyl (C=O) groups is 1. The zero-order valence-electron chi connectivity index (χ0n) is 13.8. The van der Waals surface area contributed by atoms with E-state index in [4.69, 9.17) is 0 Å². The molecule has 6 nitrogen and oxygen atoms in total. The number of benzene rings is 1. The van der Waals surface area contributed by atoms with Crippen molar-refractivity contribution in [2.45, 2.75) is 19.4 Å². The Morgan fingerprint density at radius 2 is 2.00 bits per heavy atom. The Labute approximate surface area is 145 Å². The first kappa shape index (κ1) is 18.1. The fourth-order valence-corrected chi connectivity index (χ4v) is 3.27. The topological polar surface area (TPSA) is 75.5 Å². The maximum atomic E-state index is 11.5. The maximum Gasteiger partial charge on any atom is 0.278 e. The van der Waals surface area contributed by atoms with Crippen LogP contribution in [0.2, 0.25) is 0 Å². The van der Waals surface area contributed by atoms with Crippen molar-refractivity contribution in [2.75, 3.05) is 20.6 Å². The first-order chi connectivity index (χ1) is 11.5. The van der Waals surface area contributed by atoms with Crippen molar-refractivity contribution >= 4 is 22.9 Å². The summed E-state index contributed by atoms with van der Waals surface area (Å²) in [5, 5.41) is 14.4. The number of carbonyl (C=O) groups excluding carboxylic acids is 1. The smallest absolute Gasteiger partial charge is 0.278 e. The molecule has 0 saturated carbocycles.